The average Bonchev–Trinajstić information content (AvgIpc) is 2.84. The lowest BCUT2D eigenvalue weighted by molar-refractivity contribution is -0.0442. The van der Waals surface area contributed by atoms with Crippen LogP contribution in [0.4, 0.5) is 5.69 Å². The maximum Gasteiger partial charge on any atom is 0.266 e. The van der Waals surface area contributed by atoms with E-state index in [9.17, 15) is 4.79 Å². The number of pyridine rings is 1. The average molecular weight is 305 g/mol. The van der Waals surface area contributed by atoms with Gasteiger partial charge >= 0.3 is 0 Å². The van der Waals surface area contributed by atoms with E-state index in [1.165, 1.54) is 11.3 Å². The van der Waals surface area contributed by atoms with Gasteiger partial charge in [0.25, 0.3) is 5.91 Å². The van der Waals surface area contributed by atoms with Crippen LogP contribution in [-0.2, 0) is 4.74 Å². The summed E-state index contributed by atoms with van der Waals surface area (Å²) in [5.74, 6) is 0.00991. The maximum absolute atomic E-state index is 12.9. The molecule has 112 valence electrons. The topological polar surface area (TPSA) is 68.5 Å². The van der Waals surface area contributed by atoms with Gasteiger partial charge in [0.15, 0.2) is 0 Å². The molecule has 2 atom stereocenters. The number of hydrogen-bond acceptors (Lipinski definition) is 5. The maximum atomic E-state index is 12.9. The Bertz CT molecular complexity index is 670. The molecule has 0 bridgehead atoms. The summed E-state index contributed by atoms with van der Waals surface area (Å²) in [7, 11) is 0. The number of nitrogens with two attached hydrogens (primary N) is 1. The van der Waals surface area contributed by atoms with E-state index in [4.69, 9.17) is 10.5 Å². The number of aromatic nitrogens is 1. The molecule has 0 spiro atoms. The van der Waals surface area contributed by atoms with E-state index in [0.717, 1.165) is 16.5 Å². The normalized spacial score (nSPS) is 22.7. The first-order chi connectivity index (χ1) is 10.1. The van der Waals surface area contributed by atoms with Crippen molar-refractivity contribution in [3.05, 3.63) is 23.3 Å². The number of carbonyl (C=O) groups excluding carboxylic acids is 1. The molecule has 1 aliphatic rings. The number of carbonyl (C=O) groups is 1. The van der Waals surface area contributed by atoms with Gasteiger partial charge in [-0.25, -0.2) is 0 Å². The van der Waals surface area contributed by atoms with E-state index in [1.54, 1.807) is 12.4 Å². The second-order valence-corrected chi connectivity index (χ2v) is 6.43. The summed E-state index contributed by atoms with van der Waals surface area (Å²) in [6.45, 7) is 5.27. The Labute approximate surface area is 127 Å². The molecule has 2 N–H and O–H groups in total. The second-order valence-electron chi connectivity index (χ2n) is 5.38. The number of thiophene rings is 1. The molecule has 3 heterocycles. The zero-order valence-corrected chi connectivity index (χ0v) is 13.0. The second kappa shape index (κ2) is 5.61. The highest BCUT2D eigenvalue weighted by Crippen LogP contribution is 2.34. The standard InChI is InChI=1S/C15H19N3O2S/c1-3-10-8-20-9(2)7-18(10)15(19)14-13(16)11-4-5-17-6-12(11)21-14/h4-6,9-10H,3,7-8,16H2,1-2H3. The number of morpholine rings is 1. The van der Waals surface area contributed by atoms with Gasteiger partial charge in [0.2, 0.25) is 0 Å². The van der Waals surface area contributed by atoms with Crippen molar-refractivity contribution in [2.45, 2.75) is 32.4 Å². The van der Waals surface area contributed by atoms with Crippen LogP contribution >= 0.6 is 11.3 Å². The van der Waals surface area contributed by atoms with Crippen molar-refractivity contribution in [1.29, 1.82) is 0 Å². The summed E-state index contributed by atoms with van der Waals surface area (Å²) < 4.78 is 6.61. The van der Waals surface area contributed by atoms with Crippen LogP contribution in [0.2, 0.25) is 0 Å². The van der Waals surface area contributed by atoms with E-state index in [-0.39, 0.29) is 18.1 Å². The number of anilines is 1. The van der Waals surface area contributed by atoms with Gasteiger partial charge in [-0.15, -0.1) is 11.3 Å². The van der Waals surface area contributed by atoms with Crippen molar-refractivity contribution in [3.63, 3.8) is 0 Å². The van der Waals surface area contributed by atoms with Gasteiger partial charge in [0.1, 0.15) is 4.88 Å². The quantitative estimate of drug-likeness (QED) is 0.925. The molecule has 21 heavy (non-hydrogen) atoms. The van der Waals surface area contributed by atoms with Crippen LogP contribution in [0.5, 0.6) is 0 Å². The first-order valence-electron chi connectivity index (χ1n) is 7.16. The summed E-state index contributed by atoms with van der Waals surface area (Å²) in [4.78, 5) is 19.5. The van der Waals surface area contributed by atoms with E-state index in [2.05, 4.69) is 11.9 Å². The molecule has 3 rings (SSSR count). The highest BCUT2D eigenvalue weighted by Gasteiger charge is 2.32. The number of hydrogen-bond donors (Lipinski definition) is 1. The van der Waals surface area contributed by atoms with Crippen LogP contribution in [0.3, 0.4) is 0 Å². The first-order valence-corrected chi connectivity index (χ1v) is 7.98. The molecule has 1 fully saturated rings. The highest BCUT2D eigenvalue weighted by atomic mass is 32.1. The van der Waals surface area contributed by atoms with Gasteiger partial charge in [-0.2, -0.15) is 0 Å². The van der Waals surface area contributed by atoms with Crippen LogP contribution in [0, 0.1) is 0 Å². The van der Waals surface area contributed by atoms with Gasteiger partial charge in [-0.3, -0.25) is 9.78 Å². The van der Waals surface area contributed by atoms with Crippen LogP contribution in [0.15, 0.2) is 18.5 Å². The van der Waals surface area contributed by atoms with Gasteiger partial charge in [0, 0.05) is 24.3 Å². The molecule has 2 aromatic heterocycles. The van der Waals surface area contributed by atoms with E-state index in [0.29, 0.717) is 23.7 Å². The molecule has 0 radical (unpaired) electrons. The zero-order chi connectivity index (χ0) is 15.0. The van der Waals surface area contributed by atoms with Crippen molar-refractivity contribution in [2.24, 2.45) is 0 Å². The zero-order valence-electron chi connectivity index (χ0n) is 12.2. The fraction of sp³-hybridized carbons (Fsp3) is 0.467. The monoisotopic (exact) mass is 305 g/mol. The Morgan fingerprint density at radius 1 is 1.62 bits per heavy atom. The third kappa shape index (κ3) is 2.49. The van der Waals surface area contributed by atoms with Gasteiger partial charge < -0.3 is 15.4 Å². The molecule has 2 unspecified atom stereocenters. The third-order valence-corrected chi connectivity index (χ3v) is 5.07. The summed E-state index contributed by atoms with van der Waals surface area (Å²) in [6, 6.07) is 1.98. The van der Waals surface area contributed by atoms with E-state index < -0.39 is 0 Å². The molecule has 2 aromatic rings. The lowest BCUT2D eigenvalue weighted by Crippen LogP contribution is -2.51. The summed E-state index contributed by atoms with van der Waals surface area (Å²) >= 11 is 1.42. The number of nitrogen functional groups attached to an aromatic ring is 1. The van der Waals surface area contributed by atoms with Gasteiger partial charge in [-0.1, -0.05) is 6.92 Å². The Kier molecular flexibility index (Phi) is 3.82. The number of amides is 1. The van der Waals surface area contributed by atoms with Crippen LogP contribution in [-0.4, -0.2) is 41.1 Å². The Balaban J connectivity index is 1.97. The fourth-order valence-electron chi connectivity index (χ4n) is 2.69. The molecule has 1 amide bonds. The molecule has 5 nitrogen and oxygen atoms in total. The Hall–Kier alpha value is -1.66. The van der Waals surface area contributed by atoms with E-state index >= 15 is 0 Å². The van der Waals surface area contributed by atoms with Crippen molar-refractivity contribution < 1.29 is 9.53 Å². The van der Waals surface area contributed by atoms with Crippen LogP contribution in [0.1, 0.15) is 29.9 Å². The molecule has 0 aromatic carbocycles. The largest absolute Gasteiger partial charge is 0.397 e. The Morgan fingerprint density at radius 2 is 2.43 bits per heavy atom. The molecular formula is C15H19N3O2S. The lowest BCUT2D eigenvalue weighted by Gasteiger charge is -2.38. The molecule has 6 heteroatoms. The smallest absolute Gasteiger partial charge is 0.266 e. The van der Waals surface area contributed by atoms with Crippen LogP contribution < -0.4 is 5.73 Å². The van der Waals surface area contributed by atoms with Crippen LogP contribution in [0.25, 0.3) is 10.1 Å². The predicted molar refractivity (Wildman–Crippen MR) is 84.6 cm³/mol. The number of fused-ring (bicyclic) bond motifs is 1. The predicted octanol–water partition coefficient (Wildman–Crippen LogP) is 2.52. The summed E-state index contributed by atoms with van der Waals surface area (Å²) in [6.07, 6.45) is 4.40. The summed E-state index contributed by atoms with van der Waals surface area (Å²) in [5, 5.41) is 0.910. The van der Waals surface area contributed by atoms with Crippen molar-refractivity contribution in [3.8, 4) is 0 Å². The molecule has 1 saturated heterocycles. The fourth-order valence-corrected chi connectivity index (χ4v) is 3.74. The van der Waals surface area contributed by atoms with E-state index in [1.807, 2.05) is 17.9 Å². The van der Waals surface area contributed by atoms with Gasteiger partial charge in [0.05, 0.1) is 29.1 Å². The first kappa shape index (κ1) is 14.3. The molecule has 1 aliphatic heterocycles. The molecule has 0 aliphatic carbocycles. The van der Waals surface area contributed by atoms with Crippen molar-refractivity contribution in [2.75, 3.05) is 18.9 Å². The van der Waals surface area contributed by atoms with Crippen molar-refractivity contribution >= 4 is 33.0 Å². The summed E-state index contributed by atoms with van der Waals surface area (Å²) in [5.41, 5.74) is 6.74. The minimum Gasteiger partial charge on any atom is -0.397 e. The number of rotatable bonds is 2. The minimum absolute atomic E-state index is 0.00991. The highest BCUT2D eigenvalue weighted by molar-refractivity contribution is 7.21. The van der Waals surface area contributed by atoms with Crippen molar-refractivity contribution in [1.82, 2.24) is 9.88 Å². The Morgan fingerprint density at radius 3 is 3.14 bits per heavy atom. The molecular weight excluding hydrogens is 286 g/mol. The number of ether oxygens (including phenoxy) is 1. The number of nitrogens with zero attached hydrogens (tertiary/aromatic N) is 2. The third-order valence-electron chi connectivity index (χ3n) is 3.93. The minimum atomic E-state index is 0.00991. The SMILES string of the molecule is CCC1COC(C)CN1C(=O)c1sc2cnccc2c1N. The molecule has 0 saturated carbocycles. The van der Waals surface area contributed by atoms with Gasteiger partial charge in [-0.05, 0) is 19.4 Å². The lowest BCUT2D eigenvalue weighted by atomic mass is 10.1.